The second-order valence-corrected chi connectivity index (χ2v) is 7.72. The minimum absolute atomic E-state index is 0.0151. The van der Waals surface area contributed by atoms with Crippen molar-refractivity contribution in [3.8, 4) is 0 Å². The molecule has 0 aromatic heterocycles. The van der Waals surface area contributed by atoms with Gasteiger partial charge in [-0.15, -0.1) is 0 Å². The molecule has 1 rings (SSSR count). The van der Waals surface area contributed by atoms with Crippen molar-refractivity contribution < 1.29 is 9.59 Å². The van der Waals surface area contributed by atoms with E-state index in [4.69, 9.17) is 0 Å². The highest BCUT2D eigenvalue weighted by Gasteiger charge is 2.20. The second-order valence-electron chi connectivity index (χ2n) is 7.72. The summed E-state index contributed by atoms with van der Waals surface area (Å²) in [6.45, 7) is 12.1. The van der Waals surface area contributed by atoms with E-state index in [-0.39, 0.29) is 22.8 Å². The molecule has 0 bridgehead atoms. The lowest BCUT2D eigenvalue weighted by atomic mass is 9.95. The summed E-state index contributed by atoms with van der Waals surface area (Å²) in [4.78, 5) is 23.7. The number of hydrogen-bond donors (Lipinski definition) is 2. The number of benzene rings is 1. The molecule has 1 aromatic rings. The summed E-state index contributed by atoms with van der Waals surface area (Å²) in [5, 5.41) is 5.85. The topological polar surface area (TPSA) is 58.2 Å². The van der Waals surface area contributed by atoms with Crippen LogP contribution in [0.15, 0.2) is 24.3 Å². The largest absolute Gasteiger partial charge is 0.352 e. The fourth-order valence-electron chi connectivity index (χ4n) is 1.87. The van der Waals surface area contributed by atoms with Crippen LogP contribution in [0.4, 0.5) is 0 Å². The molecule has 0 aliphatic rings. The maximum atomic E-state index is 11.9. The van der Waals surface area contributed by atoms with Crippen LogP contribution in [0.3, 0.4) is 0 Å². The third-order valence-electron chi connectivity index (χ3n) is 3.04. The Balaban J connectivity index is 2.53. The first-order valence-electron chi connectivity index (χ1n) is 7.64. The van der Waals surface area contributed by atoms with Gasteiger partial charge in [-0.05, 0) is 31.9 Å². The van der Waals surface area contributed by atoms with E-state index in [1.54, 1.807) is 0 Å². The first-order chi connectivity index (χ1) is 9.97. The van der Waals surface area contributed by atoms with Gasteiger partial charge < -0.3 is 10.6 Å². The standard InChI is InChI=1S/C18H28N2O2/c1-17(2,3)16(22)19-12-14-9-7-13(8-10-14)11-15(21)20-18(4,5)6/h7-10H,11-12H2,1-6H3,(H,19,22)(H,20,21). The summed E-state index contributed by atoms with van der Waals surface area (Å²) in [5.41, 5.74) is 1.39. The summed E-state index contributed by atoms with van der Waals surface area (Å²) in [6.07, 6.45) is 0.367. The number of carbonyl (C=O) groups is 2. The predicted molar refractivity (Wildman–Crippen MR) is 89.3 cm³/mol. The second kappa shape index (κ2) is 6.95. The van der Waals surface area contributed by atoms with E-state index in [1.807, 2.05) is 65.8 Å². The average molecular weight is 304 g/mol. The molecule has 0 saturated carbocycles. The van der Waals surface area contributed by atoms with Crippen molar-refractivity contribution >= 4 is 11.8 Å². The molecule has 0 aliphatic heterocycles. The van der Waals surface area contributed by atoms with E-state index in [0.29, 0.717) is 13.0 Å². The minimum atomic E-state index is -0.384. The first-order valence-corrected chi connectivity index (χ1v) is 7.64. The summed E-state index contributed by atoms with van der Waals surface area (Å²) in [5.74, 6) is 0.0439. The van der Waals surface area contributed by atoms with Gasteiger partial charge >= 0.3 is 0 Å². The summed E-state index contributed by atoms with van der Waals surface area (Å²) >= 11 is 0. The molecule has 0 saturated heterocycles. The number of amides is 2. The molecule has 0 fully saturated rings. The van der Waals surface area contributed by atoms with Crippen LogP contribution < -0.4 is 10.6 Å². The zero-order chi connectivity index (χ0) is 17.0. The van der Waals surface area contributed by atoms with Crippen molar-refractivity contribution in [2.45, 2.75) is 60.0 Å². The van der Waals surface area contributed by atoms with Gasteiger partial charge in [0.2, 0.25) is 11.8 Å². The Morgan fingerprint density at radius 3 is 1.86 bits per heavy atom. The highest BCUT2D eigenvalue weighted by molar-refractivity contribution is 5.81. The number of carbonyl (C=O) groups excluding carboxylic acids is 2. The van der Waals surface area contributed by atoms with Gasteiger partial charge in [0.05, 0.1) is 6.42 Å². The Morgan fingerprint density at radius 2 is 1.41 bits per heavy atom. The van der Waals surface area contributed by atoms with E-state index in [9.17, 15) is 9.59 Å². The van der Waals surface area contributed by atoms with Gasteiger partial charge in [-0.1, -0.05) is 45.0 Å². The molecule has 122 valence electrons. The highest BCUT2D eigenvalue weighted by Crippen LogP contribution is 2.13. The van der Waals surface area contributed by atoms with Crippen molar-refractivity contribution in [1.29, 1.82) is 0 Å². The van der Waals surface area contributed by atoms with Crippen LogP contribution in [0.1, 0.15) is 52.7 Å². The summed E-state index contributed by atoms with van der Waals surface area (Å²) in [7, 11) is 0. The van der Waals surface area contributed by atoms with Crippen molar-refractivity contribution in [3.63, 3.8) is 0 Å². The lowest BCUT2D eigenvalue weighted by molar-refractivity contribution is -0.128. The maximum Gasteiger partial charge on any atom is 0.225 e. The third-order valence-corrected chi connectivity index (χ3v) is 3.04. The molecule has 22 heavy (non-hydrogen) atoms. The highest BCUT2D eigenvalue weighted by atomic mass is 16.2. The quantitative estimate of drug-likeness (QED) is 0.898. The molecule has 4 heteroatoms. The van der Waals surface area contributed by atoms with Crippen molar-refractivity contribution in [3.05, 3.63) is 35.4 Å². The Morgan fingerprint density at radius 1 is 0.909 bits per heavy atom. The molecule has 2 amide bonds. The molecule has 0 heterocycles. The number of rotatable bonds is 4. The van der Waals surface area contributed by atoms with Gasteiger partial charge in [0, 0.05) is 17.5 Å². The van der Waals surface area contributed by atoms with Crippen LogP contribution in [-0.4, -0.2) is 17.4 Å². The Hall–Kier alpha value is -1.84. The fourth-order valence-corrected chi connectivity index (χ4v) is 1.87. The summed E-state index contributed by atoms with van der Waals surface area (Å²) in [6, 6.07) is 7.76. The Kier molecular flexibility index (Phi) is 5.75. The van der Waals surface area contributed by atoms with E-state index in [2.05, 4.69) is 10.6 Å². The lowest BCUT2D eigenvalue weighted by Crippen LogP contribution is -2.41. The Labute approximate surface area is 133 Å². The molecular weight excluding hydrogens is 276 g/mol. The number of nitrogens with one attached hydrogen (secondary N) is 2. The molecule has 0 radical (unpaired) electrons. The third kappa shape index (κ3) is 6.74. The van der Waals surface area contributed by atoms with Gasteiger partial charge in [0.25, 0.3) is 0 Å². The minimum Gasteiger partial charge on any atom is -0.352 e. The average Bonchev–Trinajstić information content (AvgIpc) is 2.34. The number of hydrogen-bond acceptors (Lipinski definition) is 2. The molecule has 4 nitrogen and oxygen atoms in total. The van der Waals surface area contributed by atoms with Crippen LogP contribution in [0.2, 0.25) is 0 Å². The van der Waals surface area contributed by atoms with Crippen molar-refractivity contribution in [2.75, 3.05) is 0 Å². The first kappa shape index (κ1) is 18.2. The van der Waals surface area contributed by atoms with E-state index < -0.39 is 0 Å². The van der Waals surface area contributed by atoms with Crippen LogP contribution in [0.25, 0.3) is 0 Å². The Bertz CT molecular complexity index is 520. The van der Waals surface area contributed by atoms with Crippen LogP contribution in [0.5, 0.6) is 0 Å². The molecule has 0 unspecified atom stereocenters. The molecule has 1 aromatic carbocycles. The van der Waals surface area contributed by atoms with Gasteiger partial charge in [-0.3, -0.25) is 9.59 Å². The van der Waals surface area contributed by atoms with E-state index in [1.165, 1.54) is 0 Å². The van der Waals surface area contributed by atoms with Crippen molar-refractivity contribution in [2.24, 2.45) is 5.41 Å². The zero-order valence-electron chi connectivity index (χ0n) is 14.5. The lowest BCUT2D eigenvalue weighted by Gasteiger charge is -2.20. The maximum absolute atomic E-state index is 11.9. The predicted octanol–water partition coefficient (Wildman–Crippen LogP) is 2.81. The van der Waals surface area contributed by atoms with Crippen molar-refractivity contribution in [1.82, 2.24) is 10.6 Å². The van der Waals surface area contributed by atoms with E-state index >= 15 is 0 Å². The summed E-state index contributed by atoms with van der Waals surface area (Å²) < 4.78 is 0. The van der Waals surface area contributed by atoms with Gasteiger partial charge in [-0.2, -0.15) is 0 Å². The molecule has 0 atom stereocenters. The smallest absolute Gasteiger partial charge is 0.225 e. The van der Waals surface area contributed by atoms with Crippen LogP contribution >= 0.6 is 0 Å². The molecular formula is C18H28N2O2. The molecule has 0 aliphatic carbocycles. The van der Waals surface area contributed by atoms with Gasteiger partial charge in [-0.25, -0.2) is 0 Å². The van der Waals surface area contributed by atoms with Gasteiger partial charge in [0.15, 0.2) is 0 Å². The molecule has 0 spiro atoms. The van der Waals surface area contributed by atoms with E-state index in [0.717, 1.165) is 11.1 Å². The van der Waals surface area contributed by atoms with Crippen LogP contribution in [-0.2, 0) is 22.6 Å². The van der Waals surface area contributed by atoms with Crippen LogP contribution in [0, 0.1) is 5.41 Å². The monoisotopic (exact) mass is 304 g/mol. The fraction of sp³-hybridized carbons (Fsp3) is 0.556. The zero-order valence-corrected chi connectivity index (χ0v) is 14.5. The normalized spacial score (nSPS) is 11.9. The van der Waals surface area contributed by atoms with Gasteiger partial charge in [0.1, 0.15) is 0 Å². The SMILES string of the molecule is CC(C)(C)NC(=O)Cc1ccc(CNC(=O)C(C)(C)C)cc1. The molecule has 2 N–H and O–H groups in total.